The van der Waals surface area contributed by atoms with E-state index in [1.165, 1.54) is 4.68 Å². The van der Waals surface area contributed by atoms with Gasteiger partial charge in [0.2, 0.25) is 0 Å². The van der Waals surface area contributed by atoms with Gasteiger partial charge in [-0.25, -0.2) is 9.78 Å². The Morgan fingerprint density at radius 1 is 1.33 bits per heavy atom. The van der Waals surface area contributed by atoms with Gasteiger partial charge in [-0.05, 0) is 15.9 Å². The average molecular weight is 407 g/mol. The Labute approximate surface area is 151 Å². The lowest BCUT2D eigenvalue weighted by Gasteiger charge is -2.00. The van der Waals surface area contributed by atoms with Crippen molar-refractivity contribution >= 4 is 33.2 Å². The van der Waals surface area contributed by atoms with Crippen LogP contribution in [0, 0.1) is 0 Å². The molecule has 0 aliphatic carbocycles. The van der Waals surface area contributed by atoms with Gasteiger partial charge in [0.05, 0.1) is 15.9 Å². The zero-order valence-electron chi connectivity index (χ0n) is 12.9. The molecule has 2 heterocycles. The summed E-state index contributed by atoms with van der Waals surface area (Å²) in [6.07, 6.45) is 0. The molecular weight excluding hydrogens is 392 g/mol. The smallest absolute Gasteiger partial charge is 0.355 e. The quantitative estimate of drug-likeness (QED) is 0.656. The van der Waals surface area contributed by atoms with Crippen molar-refractivity contribution in [3.8, 4) is 10.6 Å². The second kappa shape index (κ2) is 7.25. The maximum absolute atomic E-state index is 11.2. The molecule has 8 heteroatoms. The van der Waals surface area contributed by atoms with Crippen LogP contribution in [0.15, 0.2) is 40.2 Å². The third-order valence-corrected chi connectivity index (χ3v) is 5.20. The minimum Gasteiger partial charge on any atom is -0.476 e. The number of aromatic carboxylic acids is 1. The van der Waals surface area contributed by atoms with Crippen LogP contribution >= 0.6 is 27.3 Å². The molecule has 2 aromatic heterocycles. The monoisotopic (exact) mass is 406 g/mol. The number of thiazole rings is 1. The first kappa shape index (κ1) is 16.8. The number of hydrogen-bond acceptors (Lipinski definition) is 5. The van der Waals surface area contributed by atoms with Crippen LogP contribution in [-0.4, -0.2) is 25.8 Å². The molecule has 0 atom stereocenters. The van der Waals surface area contributed by atoms with E-state index in [1.54, 1.807) is 18.4 Å². The van der Waals surface area contributed by atoms with Crippen molar-refractivity contribution in [1.29, 1.82) is 0 Å². The highest BCUT2D eigenvalue weighted by molar-refractivity contribution is 9.10. The van der Waals surface area contributed by atoms with Crippen LogP contribution < -0.4 is 5.32 Å². The molecule has 0 saturated heterocycles. The number of carbonyl (C=O) groups is 1. The Hall–Kier alpha value is -2.03. The van der Waals surface area contributed by atoms with E-state index >= 15 is 0 Å². The second-order valence-electron chi connectivity index (χ2n) is 5.15. The van der Waals surface area contributed by atoms with E-state index in [0.717, 1.165) is 16.3 Å². The van der Waals surface area contributed by atoms with Crippen molar-refractivity contribution in [2.24, 2.45) is 7.05 Å². The van der Waals surface area contributed by atoms with Crippen molar-refractivity contribution < 1.29 is 9.90 Å². The van der Waals surface area contributed by atoms with Crippen molar-refractivity contribution in [1.82, 2.24) is 20.1 Å². The van der Waals surface area contributed by atoms with Gasteiger partial charge >= 0.3 is 5.97 Å². The minimum atomic E-state index is -1.00. The number of rotatable bonds is 6. The minimum absolute atomic E-state index is 0.145. The van der Waals surface area contributed by atoms with Gasteiger partial charge in [-0.2, -0.15) is 5.10 Å². The maximum atomic E-state index is 11.2. The molecule has 0 aliphatic heterocycles. The lowest BCUT2D eigenvalue weighted by atomic mass is 10.2. The predicted octanol–water partition coefficient (Wildman–Crippen LogP) is 3.29. The Bertz CT molecular complexity index is 860. The highest BCUT2D eigenvalue weighted by Gasteiger charge is 2.19. The normalized spacial score (nSPS) is 10.9. The largest absolute Gasteiger partial charge is 0.476 e. The molecule has 0 amide bonds. The van der Waals surface area contributed by atoms with Crippen LogP contribution in [0.25, 0.3) is 10.6 Å². The maximum Gasteiger partial charge on any atom is 0.355 e. The van der Waals surface area contributed by atoms with Gasteiger partial charge in [0.15, 0.2) is 5.69 Å². The Balaban J connectivity index is 1.63. The molecule has 0 bridgehead atoms. The lowest BCUT2D eigenvalue weighted by Crippen LogP contribution is -2.13. The second-order valence-corrected chi connectivity index (χ2v) is 6.80. The van der Waals surface area contributed by atoms with Gasteiger partial charge in [0.1, 0.15) is 5.01 Å². The van der Waals surface area contributed by atoms with Gasteiger partial charge < -0.3 is 10.4 Å². The summed E-state index contributed by atoms with van der Waals surface area (Å²) in [6.45, 7) is 1.05. The Kier molecular flexibility index (Phi) is 5.08. The van der Waals surface area contributed by atoms with E-state index in [-0.39, 0.29) is 5.69 Å². The number of hydrogen-bond donors (Lipinski definition) is 2. The van der Waals surface area contributed by atoms with E-state index in [9.17, 15) is 4.79 Å². The van der Waals surface area contributed by atoms with Crippen molar-refractivity contribution in [2.45, 2.75) is 13.1 Å². The molecular formula is C16H15BrN4O2S. The van der Waals surface area contributed by atoms with E-state index in [2.05, 4.69) is 31.3 Å². The van der Waals surface area contributed by atoms with Crippen LogP contribution in [0.1, 0.15) is 21.9 Å². The number of carboxylic acid groups (broad SMARTS) is 1. The van der Waals surface area contributed by atoms with E-state index in [0.29, 0.717) is 23.3 Å². The van der Waals surface area contributed by atoms with Gasteiger partial charge in [-0.15, -0.1) is 11.3 Å². The molecule has 2 N–H and O–H groups in total. The van der Waals surface area contributed by atoms with Crippen molar-refractivity contribution in [3.63, 3.8) is 0 Å². The molecule has 1 aromatic carbocycles. The zero-order valence-corrected chi connectivity index (χ0v) is 15.3. The standard InChI is InChI=1S/C16H15BrN4O2S/c1-21-14(16(22)23)13(17)12(20-21)8-18-7-11-9-24-15(19-11)10-5-3-2-4-6-10/h2-6,9,18H,7-8H2,1H3,(H,22,23). The molecule has 0 unspecified atom stereocenters. The summed E-state index contributed by atoms with van der Waals surface area (Å²) < 4.78 is 1.87. The fourth-order valence-corrected chi connectivity index (χ4v) is 3.78. The number of nitrogens with zero attached hydrogens (tertiary/aromatic N) is 3. The molecule has 3 rings (SSSR count). The summed E-state index contributed by atoms with van der Waals surface area (Å²) in [4.78, 5) is 15.8. The third-order valence-electron chi connectivity index (χ3n) is 3.43. The van der Waals surface area contributed by atoms with Gasteiger partial charge in [0.25, 0.3) is 0 Å². The van der Waals surface area contributed by atoms with Crippen LogP contribution in [0.4, 0.5) is 0 Å². The summed E-state index contributed by atoms with van der Waals surface area (Å²) in [5.74, 6) is -1.00. The molecule has 24 heavy (non-hydrogen) atoms. The highest BCUT2D eigenvalue weighted by Crippen LogP contribution is 2.24. The topological polar surface area (TPSA) is 80.0 Å². The van der Waals surface area contributed by atoms with Crippen LogP contribution in [-0.2, 0) is 20.1 Å². The number of halogens is 1. The van der Waals surface area contributed by atoms with E-state index < -0.39 is 5.97 Å². The number of carboxylic acids is 1. The predicted molar refractivity (Wildman–Crippen MR) is 96.0 cm³/mol. The summed E-state index contributed by atoms with van der Waals surface area (Å²) in [7, 11) is 1.62. The van der Waals surface area contributed by atoms with Crippen molar-refractivity contribution in [2.75, 3.05) is 0 Å². The van der Waals surface area contributed by atoms with E-state index in [4.69, 9.17) is 5.11 Å². The van der Waals surface area contributed by atoms with Crippen LogP contribution in [0.5, 0.6) is 0 Å². The average Bonchev–Trinajstić information content (AvgIpc) is 3.13. The van der Waals surface area contributed by atoms with E-state index in [1.807, 2.05) is 35.7 Å². The van der Waals surface area contributed by atoms with Gasteiger partial charge in [0, 0.05) is 31.1 Å². The first-order valence-corrected chi connectivity index (χ1v) is 8.88. The molecule has 0 saturated carbocycles. The lowest BCUT2D eigenvalue weighted by molar-refractivity contribution is 0.0684. The number of aromatic nitrogens is 3. The van der Waals surface area contributed by atoms with Gasteiger partial charge in [-0.1, -0.05) is 30.3 Å². The summed E-state index contributed by atoms with van der Waals surface area (Å²) in [5.41, 5.74) is 2.86. The molecule has 3 aromatic rings. The summed E-state index contributed by atoms with van der Waals surface area (Å²) in [5, 5.41) is 19.6. The summed E-state index contributed by atoms with van der Waals surface area (Å²) >= 11 is 4.91. The van der Waals surface area contributed by atoms with Crippen LogP contribution in [0.3, 0.4) is 0 Å². The SMILES string of the molecule is Cn1nc(CNCc2csc(-c3ccccc3)n2)c(Br)c1C(=O)O. The fourth-order valence-electron chi connectivity index (χ4n) is 2.31. The Morgan fingerprint density at radius 3 is 2.75 bits per heavy atom. The molecule has 0 aliphatic rings. The third kappa shape index (κ3) is 3.55. The Morgan fingerprint density at radius 2 is 2.08 bits per heavy atom. The molecule has 0 radical (unpaired) electrons. The zero-order chi connectivity index (χ0) is 17.1. The first-order chi connectivity index (χ1) is 11.6. The highest BCUT2D eigenvalue weighted by atomic mass is 79.9. The summed E-state index contributed by atoms with van der Waals surface area (Å²) in [6, 6.07) is 10.0. The number of benzene rings is 1. The molecule has 124 valence electrons. The number of aryl methyl sites for hydroxylation is 1. The van der Waals surface area contributed by atoms with Crippen LogP contribution in [0.2, 0.25) is 0 Å². The van der Waals surface area contributed by atoms with Gasteiger partial charge in [-0.3, -0.25) is 4.68 Å². The molecule has 6 nitrogen and oxygen atoms in total. The first-order valence-electron chi connectivity index (χ1n) is 7.21. The molecule has 0 spiro atoms. The molecule has 0 fully saturated rings. The van der Waals surface area contributed by atoms with Crippen molar-refractivity contribution in [3.05, 3.63) is 57.3 Å². The number of nitrogens with one attached hydrogen (secondary N) is 1. The fraction of sp³-hybridized carbons (Fsp3) is 0.188.